The Morgan fingerprint density at radius 2 is 1.79 bits per heavy atom. The molecule has 2 N–H and O–H groups in total. The number of carbonyl (C=O) groups is 2. The molecule has 24 heavy (non-hydrogen) atoms. The number of esters is 2. The summed E-state index contributed by atoms with van der Waals surface area (Å²) in [6, 6.07) is 7.31. The zero-order valence-corrected chi connectivity index (χ0v) is 14.6. The fourth-order valence-corrected chi connectivity index (χ4v) is 2.15. The summed E-state index contributed by atoms with van der Waals surface area (Å²) in [4.78, 5) is 23.5. The summed E-state index contributed by atoms with van der Waals surface area (Å²) in [5.74, 6) is -0.0705. The average Bonchev–Trinajstić information content (AvgIpc) is 2.56. The van der Waals surface area contributed by atoms with Gasteiger partial charge >= 0.3 is 11.9 Å². The zero-order valence-electron chi connectivity index (χ0n) is 14.6. The van der Waals surface area contributed by atoms with Gasteiger partial charge in [-0.05, 0) is 17.7 Å². The molecule has 0 radical (unpaired) electrons. The molecule has 0 fully saturated rings. The molecule has 0 amide bonds. The van der Waals surface area contributed by atoms with Crippen molar-refractivity contribution >= 4 is 11.9 Å². The minimum atomic E-state index is -0.511. The van der Waals surface area contributed by atoms with Crippen molar-refractivity contribution in [2.24, 2.45) is 11.7 Å². The van der Waals surface area contributed by atoms with E-state index in [2.05, 4.69) is 0 Å². The second kappa shape index (κ2) is 9.72. The van der Waals surface area contributed by atoms with Gasteiger partial charge in [-0.2, -0.15) is 0 Å². The molecular formula is C18H25NO5. The SMILES string of the molecule is COC(=O)C(Cc1ccc(OCCN)cc1)=C(OC(C)=O)C(C)C. The highest BCUT2D eigenvalue weighted by molar-refractivity contribution is 5.90. The van der Waals surface area contributed by atoms with E-state index in [0.29, 0.717) is 36.7 Å². The zero-order chi connectivity index (χ0) is 18.1. The summed E-state index contributed by atoms with van der Waals surface area (Å²) in [5, 5.41) is 0. The topological polar surface area (TPSA) is 87.8 Å². The van der Waals surface area contributed by atoms with Crippen LogP contribution in [0.2, 0.25) is 0 Å². The summed E-state index contributed by atoms with van der Waals surface area (Å²) >= 11 is 0. The minimum absolute atomic E-state index is 0.129. The molecule has 0 aliphatic carbocycles. The van der Waals surface area contributed by atoms with Gasteiger partial charge in [-0.1, -0.05) is 26.0 Å². The molecular weight excluding hydrogens is 310 g/mol. The minimum Gasteiger partial charge on any atom is -0.492 e. The maximum Gasteiger partial charge on any atom is 0.337 e. The van der Waals surface area contributed by atoms with E-state index in [0.717, 1.165) is 5.56 Å². The maximum absolute atomic E-state index is 12.1. The lowest BCUT2D eigenvalue weighted by Gasteiger charge is -2.16. The molecule has 0 atom stereocenters. The molecule has 0 aromatic heterocycles. The lowest BCUT2D eigenvalue weighted by atomic mass is 9.99. The van der Waals surface area contributed by atoms with Crippen molar-refractivity contribution in [3.63, 3.8) is 0 Å². The van der Waals surface area contributed by atoms with Crippen LogP contribution in [0, 0.1) is 5.92 Å². The highest BCUT2D eigenvalue weighted by Gasteiger charge is 2.22. The van der Waals surface area contributed by atoms with E-state index in [1.165, 1.54) is 14.0 Å². The van der Waals surface area contributed by atoms with Gasteiger partial charge in [0.05, 0.1) is 12.7 Å². The molecule has 6 nitrogen and oxygen atoms in total. The molecule has 0 unspecified atom stereocenters. The summed E-state index contributed by atoms with van der Waals surface area (Å²) in [6.07, 6.45) is 0.296. The fourth-order valence-electron chi connectivity index (χ4n) is 2.15. The Hall–Kier alpha value is -2.34. The van der Waals surface area contributed by atoms with E-state index in [-0.39, 0.29) is 5.92 Å². The number of benzene rings is 1. The summed E-state index contributed by atoms with van der Waals surface area (Å²) in [6.45, 7) is 5.89. The van der Waals surface area contributed by atoms with E-state index < -0.39 is 11.9 Å². The first kappa shape index (κ1) is 19.7. The molecule has 0 aliphatic heterocycles. The highest BCUT2D eigenvalue weighted by atomic mass is 16.5. The lowest BCUT2D eigenvalue weighted by Crippen LogP contribution is -2.16. The van der Waals surface area contributed by atoms with Gasteiger partial charge in [0.2, 0.25) is 0 Å². The molecule has 0 saturated heterocycles. The molecule has 1 aromatic carbocycles. The Labute approximate surface area is 142 Å². The first-order chi connectivity index (χ1) is 11.4. The molecule has 6 heteroatoms. The maximum atomic E-state index is 12.1. The summed E-state index contributed by atoms with van der Waals surface area (Å²) < 4.78 is 15.5. The van der Waals surface area contributed by atoms with Gasteiger partial charge in [0.15, 0.2) is 0 Å². The van der Waals surface area contributed by atoms with Crippen LogP contribution in [-0.2, 0) is 25.5 Å². The van der Waals surface area contributed by atoms with Crippen LogP contribution in [-0.4, -0.2) is 32.2 Å². The summed E-state index contributed by atoms with van der Waals surface area (Å²) in [7, 11) is 1.30. The van der Waals surface area contributed by atoms with Crippen molar-refractivity contribution in [3.8, 4) is 5.75 Å². The van der Waals surface area contributed by atoms with E-state index >= 15 is 0 Å². The smallest absolute Gasteiger partial charge is 0.337 e. The first-order valence-corrected chi connectivity index (χ1v) is 7.80. The molecule has 0 saturated carbocycles. The average molecular weight is 335 g/mol. The summed E-state index contributed by atoms with van der Waals surface area (Å²) in [5.41, 5.74) is 6.61. The molecule has 0 bridgehead atoms. The van der Waals surface area contributed by atoms with Gasteiger partial charge in [0, 0.05) is 25.8 Å². The van der Waals surface area contributed by atoms with Gasteiger partial charge in [0.25, 0.3) is 0 Å². The molecule has 1 rings (SSSR count). The largest absolute Gasteiger partial charge is 0.492 e. The fraction of sp³-hybridized carbons (Fsp3) is 0.444. The number of allylic oxidation sites excluding steroid dienone is 1. The van der Waals surface area contributed by atoms with E-state index in [4.69, 9.17) is 19.9 Å². The van der Waals surface area contributed by atoms with Gasteiger partial charge in [0.1, 0.15) is 18.1 Å². The Morgan fingerprint density at radius 3 is 2.25 bits per heavy atom. The number of methoxy groups -OCH3 is 1. The molecule has 132 valence electrons. The van der Waals surface area contributed by atoms with Crippen LogP contribution in [0.1, 0.15) is 26.3 Å². The van der Waals surface area contributed by atoms with Crippen molar-refractivity contribution in [2.45, 2.75) is 27.2 Å². The van der Waals surface area contributed by atoms with Crippen molar-refractivity contribution < 1.29 is 23.8 Å². The Bertz CT molecular complexity index is 590. The Morgan fingerprint density at radius 1 is 1.17 bits per heavy atom. The van der Waals surface area contributed by atoms with E-state index in [1.807, 2.05) is 26.0 Å². The lowest BCUT2D eigenvalue weighted by molar-refractivity contribution is -0.139. The van der Waals surface area contributed by atoms with E-state index in [1.54, 1.807) is 12.1 Å². The van der Waals surface area contributed by atoms with Crippen molar-refractivity contribution in [1.82, 2.24) is 0 Å². The number of hydrogen-bond acceptors (Lipinski definition) is 6. The second-order valence-electron chi connectivity index (χ2n) is 5.54. The third kappa shape index (κ3) is 6.04. The van der Waals surface area contributed by atoms with Gasteiger partial charge in [-0.15, -0.1) is 0 Å². The van der Waals surface area contributed by atoms with Crippen molar-refractivity contribution in [2.75, 3.05) is 20.3 Å². The molecule has 1 aromatic rings. The van der Waals surface area contributed by atoms with Crippen LogP contribution in [0.5, 0.6) is 5.75 Å². The van der Waals surface area contributed by atoms with Gasteiger partial charge in [-0.3, -0.25) is 4.79 Å². The second-order valence-corrected chi connectivity index (χ2v) is 5.54. The number of nitrogens with two attached hydrogens (primary N) is 1. The molecule has 0 aliphatic rings. The normalized spacial score (nSPS) is 11.8. The van der Waals surface area contributed by atoms with Gasteiger partial charge in [-0.25, -0.2) is 4.79 Å². The third-order valence-electron chi connectivity index (χ3n) is 3.20. The number of rotatable bonds is 8. The van der Waals surface area contributed by atoms with Crippen LogP contribution >= 0.6 is 0 Å². The molecule has 0 spiro atoms. The molecule has 0 heterocycles. The van der Waals surface area contributed by atoms with Crippen molar-refractivity contribution in [3.05, 3.63) is 41.2 Å². The monoisotopic (exact) mass is 335 g/mol. The highest BCUT2D eigenvalue weighted by Crippen LogP contribution is 2.23. The number of hydrogen-bond donors (Lipinski definition) is 1. The predicted molar refractivity (Wildman–Crippen MR) is 90.3 cm³/mol. The first-order valence-electron chi connectivity index (χ1n) is 7.80. The van der Waals surface area contributed by atoms with Crippen LogP contribution < -0.4 is 10.5 Å². The van der Waals surface area contributed by atoms with Crippen LogP contribution in [0.4, 0.5) is 0 Å². The van der Waals surface area contributed by atoms with Gasteiger partial charge < -0.3 is 19.9 Å². The van der Waals surface area contributed by atoms with Crippen LogP contribution in [0.3, 0.4) is 0 Å². The van der Waals surface area contributed by atoms with E-state index in [9.17, 15) is 9.59 Å². The van der Waals surface area contributed by atoms with Crippen molar-refractivity contribution in [1.29, 1.82) is 0 Å². The Balaban J connectivity index is 3.09. The Kier molecular flexibility index (Phi) is 7.98. The number of ether oxygens (including phenoxy) is 3. The predicted octanol–water partition coefficient (Wildman–Crippen LogP) is 2.21. The van der Waals surface area contributed by atoms with Crippen LogP contribution in [0.15, 0.2) is 35.6 Å². The quantitative estimate of drug-likeness (QED) is 0.445. The number of carbonyl (C=O) groups excluding carboxylic acids is 2. The van der Waals surface area contributed by atoms with Crippen LogP contribution in [0.25, 0.3) is 0 Å². The standard InChI is InChI=1S/C18H25NO5/c1-12(2)17(24-13(3)20)16(18(21)22-4)11-14-5-7-15(8-6-14)23-10-9-19/h5-8,12H,9-11,19H2,1-4H3. The third-order valence-corrected chi connectivity index (χ3v) is 3.20.